The molecule has 2 aliphatic heterocycles. The van der Waals surface area contributed by atoms with Crippen LogP contribution in [0.3, 0.4) is 0 Å². The van der Waals surface area contributed by atoms with Crippen LogP contribution in [0.25, 0.3) is 0 Å². The van der Waals surface area contributed by atoms with E-state index in [9.17, 15) is 0 Å². The molecule has 2 saturated heterocycles. The summed E-state index contributed by atoms with van der Waals surface area (Å²) in [7, 11) is 0. The van der Waals surface area contributed by atoms with Crippen molar-refractivity contribution in [1.82, 2.24) is 15.1 Å². The Hall–Kier alpha value is -0.160. The number of hydrogen-bond donors (Lipinski definition) is 1. The summed E-state index contributed by atoms with van der Waals surface area (Å²) in [5.41, 5.74) is 0. The van der Waals surface area contributed by atoms with Gasteiger partial charge in [0.25, 0.3) is 0 Å². The van der Waals surface area contributed by atoms with Crippen LogP contribution in [-0.4, -0.2) is 74.4 Å². The lowest BCUT2D eigenvalue weighted by molar-refractivity contribution is 0.00852. The molecule has 2 rings (SSSR count). The quantitative estimate of drug-likeness (QED) is 0.754. The monoisotopic (exact) mass is 241 g/mol. The Kier molecular flexibility index (Phi) is 5.22. The van der Waals surface area contributed by atoms with E-state index in [1.807, 2.05) is 0 Å². The third kappa shape index (κ3) is 3.65. The minimum absolute atomic E-state index is 0.402. The van der Waals surface area contributed by atoms with E-state index in [-0.39, 0.29) is 0 Å². The molecule has 2 fully saturated rings. The minimum atomic E-state index is 0.402. The zero-order valence-corrected chi connectivity index (χ0v) is 11.3. The van der Waals surface area contributed by atoms with Gasteiger partial charge in [0.2, 0.25) is 0 Å². The second-order valence-corrected chi connectivity index (χ2v) is 5.12. The zero-order valence-electron chi connectivity index (χ0n) is 11.3. The van der Waals surface area contributed by atoms with Gasteiger partial charge in [0, 0.05) is 32.2 Å². The average Bonchev–Trinajstić information content (AvgIpc) is 2.81. The highest BCUT2D eigenvalue weighted by atomic mass is 16.5. The van der Waals surface area contributed by atoms with E-state index in [4.69, 9.17) is 4.74 Å². The summed E-state index contributed by atoms with van der Waals surface area (Å²) in [5.74, 6) is 0. The SMILES string of the molecule is CCN(CC)C1CCN(CC2CNCCO2)C1. The molecule has 0 aliphatic carbocycles. The molecule has 2 aliphatic rings. The number of likely N-dealkylation sites (N-methyl/N-ethyl adjacent to an activating group) is 1. The molecule has 0 amide bonds. The lowest BCUT2D eigenvalue weighted by Gasteiger charge is -2.29. The van der Waals surface area contributed by atoms with Crippen molar-refractivity contribution >= 4 is 0 Å². The molecule has 0 aromatic heterocycles. The van der Waals surface area contributed by atoms with Crippen LogP contribution in [0.2, 0.25) is 0 Å². The molecule has 4 nitrogen and oxygen atoms in total. The number of nitrogens with one attached hydrogen (secondary N) is 1. The van der Waals surface area contributed by atoms with E-state index in [1.54, 1.807) is 0 Å². The topological polar surface area (TPSA) is 27.7 Å². The Balaban J connectivity index is 1.73. The molecular formula is C13H27N3O. The fourth-order valence-electron chi connectivity index (χ4n) is 3.04. The average molecular weight is 241 g/mol. The molecule has 0 radical (unpaired) electrons. The van der Waals surface area contributed by atoms with Crippen molar-refractivity contribution in [2.24, 2.45) is 0 Å². The van der Waals surface area contributed by atoms with E-state index < -0.39 is 0 Å². The molecule has 4 heteroatoms. The molecule has 2 atom stereocenters. The molecule has 17 heavy (non-hydrogen) atoms. The summed E-state index contributed by atoms with van der Waals surface area (Å²) in [6.07, 6.45) is 1.72. The highest BCUT2D eigenvalue weighted by Crippen LogP contribution is 2.16. The molecule has 1 N–H and O–H groups in total. The van der Waals surface area contributed by atoms with Gasteiger partial charge in [-0.1, -0.05) is 13.8 Å². The number of ether oxygens (including phenoxy) is 1. The molecule has 0 aromatic carbocycles. The maximum atomic E-state index is 5.77. The summed E-state index contributed by atoms with van der Waals surface area (Å²) in [4.78, 5) is 5.15. The number of nitrogens with zero attached hydrogens (tertiary/aromatic N) is 2. The molecule has 2 unspecified atom stereocenters. The van der Waals surface area contributed by atoms with Crippen molar-refractivity contribution in [3.63, 3.8) is 0 Å². The molecule has 2 heterocycles. The first kappa shape index (κ1) is 13.3. The normalized spacial score (nSPS) is 31.2. The molecule has 100 valence electrons. The Labute approximate surface area is 105 Å². The van der Waals surface area contributed by atoms with E-state index in [1.165, 1.54) is 32.6 Å². The predicted octanol–water partition coefficient (Wildman–Crippen LogP) is 0.391. The Morgan fingerprint density at radius 1 is 1.35 bits per heavy atom. The van der Waals surface area contributed by atoms with Gasteiger partial charge < -0.3 is 10.1 Å². The third-order valence-electron chi connectivity index (χ3n) is 4.04. The highest BCUT2D eigenvalue weighted by molar-refractivity contribution is 4.84. The van der Waals surface area contributed by atoms with Crippen LogP contribution < -0.4 is 5.32 Å². The number of rotatable bonds is 5. The summed E-state index contributed by atoms with van der Waals surface area (Å²) in [6.45, 7) is 13.4. The van der Waals surface area contributed by atoms with E-state index >= 15 is 0 Å². The van der Waals surface area contributed by atoms with E-state index in [0.29, 0.717) is 6.10 Å². The maximum Gasteiger partial charge on any atom is 0.0826 e. The lowest BCUT2D eigenvalue weighted by atomic mass is 10.2. The first-order chi connectivity index (χ1) is 8.33. The molecule has 0 saturated carbocycles. The van der Waals surface area contributed by atoms with Gasteiger partial charge in [-0.05, 0) is 26.1 Å². The summed E-state index contributed by atoms with van der Waals surface area (Å²) >= 11 is 0. The van der Waals surface area contributed by atoms with Gasteiger partial charge in [-0.3, -0.25) is 9.80 Å². The number of morpholine rings is 1. The van der Waals surface area contributed by atoms with Crippen LogP contribution in [0.1, 0.15) is 20.3 Å². The van der Waals surface area contributed by atoms with Crippen LogP contribution in [-0.2, 0) is 4.74 Å². The predicted molar refractivity (Wildman–Crippen MR) is 70.4 cm³/mol. The lowest BCUT2D eigenvalue weighted by Crippen LogP contribution is -2.45. The Morgan fingerprint density at radius 2 is 2.18 bits per heavy atom. The van der Waals surface area contributed by atoms with Crippen molar-refractivity contribution in [1.29, 1.82) is 0 Å². The van der Waals surface area contributed by atoms with Crippen LogP contribution in [0.5, 0.6) is 0 Å². The first-order valence-corrected chi connectivity index (χ1v) is 7.12. The Bertz CT molecular complexity index is 215. The van der Waals surface area contributed by atoms with Crippen LogP contribution >= 0.6 is 0 Å². The van der Waals surface area contributed by atoms with Crippen LogP contribution in [0.4, 0.5) is 0 Å². The van der Waals surface area contributed by atoms with Gasteiger partial charge in [0.05, 0.1) is 12.7 Å². The smallest absolute Gasteiger partial charge is 0.0826 e. The van der Waals surface area contributed by atoms with Gasteiger partial charge in [-0.2, -0.15) is 0 Å². The third-order valence-corrected chi connectivity index (χ3v) is 4.04. The van der Waals surface area contributed by atoms with E-state index in [0.717, 1.165) is 32.3 Å². The first-order valence-electron chi connectivity index (χ1n) is 7.12. The second-order valence-electron chi connectivity index (χ2n) is 5.12. The van der Waals surface area contributed by atoms with Crippen molar-refractivity contribution in [3.8, 4) is 0 Å². The molecular weight excluding hydrogens is 214 g/mol. The number of likely N-dealkylation sites (tertiary alicyclic amines) is 1. The van der Waals surface area contributed by atoms with Crippen LogP contribution in [0.15, 0.2) is 0 Å². The molecule has 0 spiro atoms. The van der Waals surface area contributed by atoms with Gasteiger partial charge >= 0.3 is 0 Å². The largest absolute Gasteiger partial charge is 0.374 e. The van der Waals surface area contributed by atoms with Crippen molar-refractivity contribution in [2.75, 3.05) is 52.4 Å². The standard InChI is InChI=1S/C13H27N3O/c1-3-16(4-2)12-5-7-15(10-12)11-13-9-14-6-8-17-13/h12-14H,3-11H2,1-2H3. The summed E-state index contributed by atoms with van der Waals surface area (Å²) in [5, 5.41) is 3.40. The molecule has 0 bridgehead atoms. The number of hydrogen-bond acceptors (Lipinski definition) is 4. The van der Waals surface area contributed by atoms with Gasteiger partial charge in [0.1, 0.15) is 0 Å². The maximum absolute atomic E-state index is 5.77. The van der Waals surface area contributed by atoms with Crippen LogP contribution in [0, 0.1) is 0 Å². The minimum Gasteiger partial charge on any atom is -0.374 e. The fraction of sp³-hybridized carbons (Fsp3) is 1.00. The van der Waals surface area contributed by atoms with Gasteiger partial charge in [-0.15, -0.1) is 0 Å². The van der Waals surface area contributed by atoms with Gasteiger partial charge in [0.15, 0.2) is 0 Å². The highest BCUT2D eigenvalue weighted by Gasteiger charge is 2.28. The summed E-state index contributed by atoms with van der Waals surface area (Å²) in [6, 6.07) is 0.765. The van der Waals surface area contributed by atoms with E-state index in [2.05, 4.69) is 29.0 Å². The molecule has 0 aromatic rings. The van der Waals surface area contributed by atoms with Crippen molar-refractivity contribution < 1.29 is 4.74 Å². The Morgan fingerprint density at radius 3 is 2.82 bits per heavy atom. The summed E-state index contributed by atoms with van der Waals surface area (Å²) < 4.78 is 5.77. The van der Waals surface area contributed by atoms with Crippen molar-refractivity contribution in [3.05, 3.63) is 0 Å². The second kappa shape index (κ2) is 6.69. The zero-order chi connectivity index (χ0) is 12.1. The fourth-order valence-corrected chi connectivity index (χ4v) is 3.04. The van der Waals surface area contributed by atoms with Crippen molar-refractivity contribution in [2.45, 2.75) is 32.4 Å². The van der Waals surface area contributed by atoms with Gasteiger partial charge in [-0.25, -0.2) is 0 Å².